The van der Waals surface area contributed by atoms with E-state index >= 15 is 0 Å². The number of nitrogens with one attached hydrogen (secondary N) is 1. The molecule has 3 aromatic rings. The second-order valence-corrected chi connectivity index (χ2v) is 6.02. The lowest BCUT2D eigenvalue weighted by Crippen LogP contribution is -2.25. The van der Waals surface area contributed by atoms with Gasteiger partial charge >= 0.3 is 0 Å². The maximum atomic E-state index is 12.6. The fourth-order valence-corrected chi connectivity index (χ4v) is 2.63. The highest BCUT2D eigenvalue weighted by atomic mass is 16.3. The van der Waals surface area contributed by atoms with E-state index in [1.54, 1.807) is 42.5 Å². The summed E-state index contributed by atoms with van der Waals surface area (Å²) < 4.78 is 1.04. The average molecular weight is 363 g/mol. The Balaban J connectivity index is 2.02. The number of ketones is 1. The summed E-state index contributed by atoms with van der Waals surface area (Å²) in [5, 5.41) is 16.6. The van der Waals surface area contributed by atoms with Gasteiger partial charge in [0.15, 0.2) is 17.2 Å². The molecule has 1 aromatic heterocycles. The minimum absolute atomic E-state index is 0.215. The number of carbonyl (C=O) groups excluding carboxylic acids is 2. The van der Waals surface area contributed by atoms with Crippen LogP contribution < -0.4 is 10.9 Å². The van der Waals surface area contributed by atoms with Gasteiger partial charge in [-0.05, 0) is 43.7 Å². The van der Waals surface area contributed by atoms with Gasteiger partial charge in [0.1, 0.15) is 0 Å². The lowest BCUT2D eigenvalue weighted by molar-refractivity contribution is 0.101. The van der Waals surface area contributed by atoms with Crippen LogP contribution >= 0.6 is 0 Å². The molecule has 7 nitrogen and oxygen atoms in total. The van der Waals surface area contributed by atoms with Crippen LogP contribution in [-0.4, -0.2) is 26.6 Å². The van der Waals surface area contributed by atoms with Gasteiger partial charge in [-0.25, -0.2) is 0 Å². The number of anilines is 1. The Bertz CT molecular complexity index is 1100. The van der Waals surface area contributed by atoms with E-state index in [0.29, 0.717) is 16.9 Å². The molecule has 0 saturated carbocycles. The molecule has 0 aliphatic heterocycles. The quantitative estimate of drug-likeness (QED) is 0.694. The lowest BCUT2D eigenvalue weighted by Gasteiger charge is -2.11. The van der Waals surface area contributed by atoms with Gasteiger partial charge in [-0.2, -0.15) is 9.78 Å². The van der Waals surface area contributed by atoms with Crippen LogP contribution in [-0.2, 0) is 0 Å². The molecule has 2 aromatic carbocycles. The minimum atomic E-state index is -0.734. The molecule has 0 bridgehead atoms. The summed E-state index contributed by atoms with van der Waals surface area (Å²) in [5.74, 6) is -1.49. The highest BCUT2D eigenvalue weighted by Crippen LogP contribution is 2.19. The molecule has 0 saturated heterocycles. The van der Waals surface area contributed by atoms with Crippen LogP contribution in [0.25, 0.3) is 5.69 Å². The Hall–Kier alpha value is -3.74. The molecule has 136 valence electrons. The summed E-state index contributed by atoms with van der Waals surface area (Å²) in [7, 11) is 0. The van der Waals surface area contributed by atoms with Gasteiger partial charge in [-0.1, -0.05) is 24.3 Å². The number of rotatable bonds is 4. The highest BCUT2D eigenvalue weighted by molar-refractivity contribution is 6.09. The van der Waals surface area contributed by atoms with Crippen LogP contribution in [0.15, 0.2) is 59.4 Å². The molecular weight excluding hydrogens is 346 g/mol. The van der Waals surface area contributed by atoms with Crippen molar-refractivity contribution in [2.75, 3.05) is 5.32 Å². The maximum absolute atomic E-state index is 12.6. The van der Waals surface area contributed by atoms with Crippen molar-refractivity contribution < 1.29 is 14.7 Å². The van der Waals surface area contributed by atoms with E-state index < -0.39 is 17.2 Å². The number of benzene rings is 2. The third-order valence-electron chi connectivity index (χ3n) is 3.93. The zero-order chi connectivity index (χ0) is 19.6. The number of nitrogens with zero attached hydrogens (tertiary/aromatic N) is 2. The van der Waals surface area contributed by atoms with E-state index in [4.69, 9.17) is 0 Å². The molecule has 0 atom stereocenters. The minimum Gasteiger partial charge on any atom is -0.505 e. The lowest BCUT2D eigenvalue weighted by atomic mass is 10.1. The number of aryl methyl sites for hydroxylation is 1. The monoisotopic (exact) mass is 363 g/mol. The van der Waals surface area contributed by atoms with Crippen molar-refractivity contribution in [3.63, 3.8) is 0 Å². The molecular formula is C20H17N3O4. The normalized spacial score (nSPS) is 10.4. The van der Waals surface area contributed by atoms with E-state index in [1.807, 2.05) is 13.0 Å². The summed E-state index contributed by atoms with van der Waals surface area (Å²) in [4.78, 5) is 36.5. The van der Waals surface area contributed by atoms with Crippen LogP contribution in [0, 0.1) is 6.92 Å². The second kappa shape index (κ2) is 7.25. The standard InChI is InChI=1S/C20H17N3O4/c1-12-6-5-7-14(10-12)23-18(26)11-17(25)19(22-23)20(27)21-16-9-4-3-8-15(16)13(2)24/h3-11,25H,1-2H3,(H,21,27). The average Bonchev–Trinajstić information content (AvgIpc) is 2.62. The predicted octanol–water partition coefficient (Wildman–Crippen LogP) is 2.70. The number of para-hydroxylation sites is 1. The van der Waals surface area contributed by atoms with Crippen LogP contribution in [0.1, 0.15) is 33.3 Å². The molecule has 0 aliphatic rings. The first-order chi connectivity index (χ1) is 12.9. The Labute approximate surface area is 154 Å². The molecule has 27 heavy (non-hydrogen) atoms. The van der Waals surface area contributed by atoms with Gasteiger partial charge in [0.05, 0.1) is 11.4 Å². The molecule has 7 heteroatoms. The largest absolute Gasteiger partial charge is 0.505 e. The number of aromatic nitrogens is 2. The fraction of sp³-hybridized carbons (Fsp3) is 0.100. The van der Waals surface area contributed by atoms with E-state index in [-0.39, 0.29) is 11.5 Å². The Morgan fingerprint density at radius 3 is 2.52 bits per heavy atom. The van der Waals surface area contributed by atoms with Crippen LogP contribution in [0.2, 0.25) is 0 Å². The molecule has 0 unspecified atom stereocenters. The van der Waals surface area contributed by atoms with Crippen molar-refractivity contribution in [2.24, 2.45) is 0 Å². The highest BCUT2D eigenvalue weighted by Gasteiger charge is 2.19. The van der Waals surface area contributed by atoms with Gasteiger partial charge in [0.2, 0.25) is 0 Å². The maximum Gasteiger partial charge on any atom is 0.280 e. The predicted molar refractivity (Wildman–Crippen MR) is 101 cm³/mol. The van der Waals surface area contributed by atoms with E-state index in [2.05, 4.69) is 10.4 Å². The van der Waals surface area contributed by atoms with Crippen LogP contribution in [0.4, 0.5) is 5.69 Å². The first kappa shape index (κ1) is 18.1. The van der Waals surface area contributed by atoms with Gasteiger partial charge in [-0.3, -0.25) is 14.4 Å². The molecule has 0 aliphatic carbocycles. The zero-order valence-electron chi connectivity index (χ0n) is 14.8. The Kier molecular flexibility index (Phi) is 4.85. The van der Waals surface area contributed by atoms with Crippen molar-refractivity contribution in [3.05, 3.63) is 81.8 Å². The summed E-state index contributed by atoms with van der Waals surface area (Å²) in [6.45, 7) is 3.25. The van der Waals surface area contributed by atoms with Crippen LogP contribution in [0.3, 0.4) is 0 Å². The number of hydrogen-bond donors (Lipinski definition) is 2. The summed E-state index contributed by atoms with van der Waals surface area (Å²) in [5.41, 5.74) is 1.11. The van der Waals surface area contributed by atoms with Crippen molar-refractivity contribution in [1.29, 1.82) is 0 Å². The third kappa shape index (κ3) is 3.77. The number of amides is 1. The molecule has 0 radical (unpaired) electrons. The Morgan fingerprint density at radius 1 is 1.07 bits per heavy atom. The van der Waals surface area contributed by atoms with Crippen molar-refractivity contribution in [3.8, 4) is 11.4 Å². The SMILES string of the molecule is CC(=O)c1ccccc1NC(=O)c1nn(-c2cccc(C)c2)c(=O)cc1O. The van der Waals surface area contributed by atoms with E-state index in [1.165, 1.54) is 6.92 Å². The fourth-order valence-electron chi connectivity index (χ4n) is 2.63. The summed E-state index contributed by atoms with van der Waals surface area (Å²) >= 11 is 0. The number of carbonyl (C=O) groups is 2. The van der Waals surface area contributed by atoms with Gasteiger partial charge in [0.25, 0.3) is 11.5 Å². The number of Topliss-reactive ketones (excluding diaryl/α,β-unsaturated/α-hetero) is 1. The van der Waals surface area contributed by atoms with Gasteiger partial charge in [-0.15, -0.1) is 0 Å². The zero-order valence-corrected chi connectivity index (χ0v) is 14.8. The molecule has 0 fully saturated rings. The van der Waals surface area contributed by atoms with Crippen molar-refractivity contribution in [1.82, 2.24) is 9.78 Å². The third-order valence-corrected chi connectivity index (χ3v) is 3.93. The molecule has 0 spiro atoms. The molecule has 3 rings (SSSR count). The van der Waals surface area contributed by atoms with Crippen LogP contribution in [0.5, 0.6) is 5.75 Å². The van der Waals surface area contributed by atoms with E-state index in [9.17, 15) is 19.5 Å². The molecule has 2 N–H and O–H groups in total. The summed E-state index contributed by atoms with van der Waals surface area (Å²) in [6.07, 6.45) is 0. The van der Waals surface area contributed by atoms with Gasteiger partial charge in [0, 0.05) is 11.6 Å². The number of aromatic hydroxyl groups is 1. The van der Waals surface area contributed by atoms with Crippen molar-refractivity contribution in [2.45, 2.75) is 13.8 Å². The van der Waals surface area contributed by atoms with E-state index in [0.717, 1.165) is 16.3 Å². The second-order valence-electron chi connectivity index (χ2n) is 6.02. The van der Waals surface area contributed by atoms with Gasteiger partial charge < -0.3 is 10.4 Å². The van der Waals surface area contributed by atoms with Crippen molar-refractivity contribution >= 4 is 17.4 Å². The number of hydrogen-bond acceptors (Lipinski definition) is 5. The Morgan fingerprint density at radius 2 is 1.81 bits per heavy atom. The molecule has 1 heterocycles. The molecule has 1 amide bonds. The summed E-state index contributed by atoms with van der Waals surface area (Å²) in [6, 6.07) is 14.5. The smallest absolute Gasteiger partial charge is 0.280 e. The first-order valence-corrected chi connectivity index (χ1v) is 8.18. The first-order valence-electron chi connectivity index (χ1n) is 8.18. The topological polar surface area (TPSA) is 101 Å².